The van der Waals surface area contributed by atoms with Gasteiger partial charge in [-0.25, -0.2) is 0 Å². The third kappa shape index (κ3) is 3.79. The van der Waals surface area contributed by atoms with Crippen molar-refractivity contribution in [1.82, 2.24) is 10.3 Å². The molecular formula is C14H21N5O. The molecule has 0 spiro atoms. The lowest BCUT2D eigenvalue weighted by atomic mass is 10.2. The molecule has 1 unspecified atom stereocenters. The first-order chi connectivity index (χ1) is 9.70. The molecule has 20 heavy (non-hydrogen) atoms. The van der Waals surface area contributed by atoms with Crippen LogP contribution in [-0.2, 0) is 4.74 Å². The van der Waals surface area contributed by atoms with Crippen molar-refractivity contribution in [2.45, 2.75) is 13.0 Å². The number of allylic oxidation sites excluding steroid dienone is 1. The van der Waals surface area contributed by atoms with E-state index >= 15 is 0 Å². The van der Waals surface area contributed by atoms with Crippen LogP contribution in [0.1, 0.15) is 18.7 Å². The molecule has 1 aliphatic heterocycles. The third-order valence-corrected chi connectivity index (χ3v) is 3.25. The van der Waals surface area contributed by atoms with E-state index in [1.807, 2.05) is 19.1 Å². The molecule has 0 aromatic carbocycles. The van der Waals surface area contributed by atoms with Crippen LogP contribution in [-0.4, -0.2) is 37.4 Å². The maximum atomic E-state index is 7.14. The summed E-state index contributed by atoms with van der Waals surface area (Å²) < 4.78 is 5.65. The molecule has 0 bridgehead atoms. The average molecular weight is 275 g/mol. The minimum Gasteiger partial charge on any atom is -0.400 e. The highest BCUT2D eigenvalue weighted by Crippen LogP contribution is 2.18. The first-order valence-electron chi connectivity index (χ1n) is 6.68. The molecular weight excluding hydrogens is 254 g/mol. The van der Waals surface area contributed by atoms with Gasteiger partial charge in [-0.15, -0.1) is 0 Å². The van der Waals surface area contributed by atoms with Gasteiger partial charge in [0.25, 0.3) is 0 Å². The van der Waals surface area contributed by atoms with Gasteiger partial charge in [-0.2, -0.15) is 0 Å². The fourth-order valence-corrected chi connectivity index (χ4v) is 1.89. The quantitative estimate of drug-likeness (QED) is 0.602. The molecule has 108 valence electrons. The van der Waals surface area contributed by atoms with E-state index in [1.165, 1.54) is 6.21 Å². The Morgan fingerprint density at radius 2 is 2.50 bits per heavy atom. The summed E-state index contributed by atoms with van der Waals surface area (Å²) in [5, 5.41) is 13.6. The van der Waals surface area contributed by atoms with E-state index in [2.05, 4.69) is 15.6 Å². The molecule has 1 aromatic rings. The molecule has 1 saturated heterocycles. The summed E-state index contributed by atoms with van der Waals surface area (Å²) in [4.78, 5) is 4.42. The normalized spacial score (nSPS) is 20.1. The number of pyridine rings is 1. The number of nitrogens with two attached hydrogens (primary N) is 1. The number of aromatic nitrogens is 1. The Balaban J connectivity index is 1.93. The molecule has 1 atom stereocenters. The molecule has 5 N–H and O–H groups in total. The highest BCUT2D eigenvalue weighted by molar-refractivity contribution is 5.76. The summed E-state index contributed by atoms with van der Waals surface area (Å²) in [6, 6.07) is 3.93. The van der Waals surface area contributed by atoms with Gasteiger partial charge in [-0.05, 0) is 24.6 Å². The molecule has 0 saturated carbocycles. The summed E-state index contributed by atoms with van der Waals surface area (Å²) in [6.07, 6.45) is 3.06. The van der Waals surface area contributed by atoms with Crippen molar-refractivity contribution in [3.63, 3.8) is 0 Å². The highest BCUT2D eigenvalue weighted by atomic mass is 16.5. The number of ether oxygens (including phenoxy) is 1. The number of anilines is 1. The Labute approximate surface area is 118 Å². The van der Waals surface area contributed by atoms with Crippen LogP contribution in [0.25, 0.3) is 0 Å². The van der Waals surface area contributed by atoms with E-state index in [0.717, 1.165) is 36.7 Å². The number of hydrogen-bond acceptors (Lipinski definition) is 6. The van der Waals surface area contributed by atoms with Crippen molar-refractivity contribution in [2.24, 2.45) is 5.73 Å². The Hall–Kier alpha value is -1.92. The predicted molar refractivity (Wildman–Crippen MR) is 80.0 cm³/mol. The number of nitrogens with zero attached hydrogens (tertiary/aromatic N) is 1. The number of nitrogens with one attached hydrogen (secondary N) is 3. The predicted octanol–water partition coefficient (Wildman–Crippen LogP) is 1.04. The van der Waals surface area contributed by atoms with E-state index in [4.69, 9.17) is 15.9 Å². The Morgan fingerprint density at radius 3 is 3.10 bits per heavy atom. The first kappa shape index (κ1) is 14.5. The van der Waals surface area contributed by atoms with Gasteiger partial charge in [0.15, 0.2) is 0 Å². The fraction of sp³-hybridized carbons (Fsp3) is 0.429. The molecule has 2 rings (SSSR count). The molecule has 2 heterocycles. The van der Waals surface area contributed by atoms with E-state index in [0.29, 0.717) is 12.2 Å². The van der Waals surface area contributed by atoms with Crippen LogP contribution in [0.3, 0.4) is 0 Å². The second-order valence-electron chi connectivity index (χ2n) is 4.74. The van der Waals surface area contributed by atoms with Crippen LogP contribution in [0.15, 0.2) is 29.6 Å². The van der Waals surface area contributed by atoms with Gasteiger partial charge in [0, 0.05) is 25.0 Å². The van der Waals surface area contributed by atoms with Crippen LogP contribution >= 0.6 is 0 Å². The van der Waals surface area contributed by atoms with E-state index < -0.39 is 0 Å². The van der Waals surface area contributed by atoms with Crippen molar-refractivity contribution in [3.8, 4) is 0 Å². The van der Waals surface area contributed by atoms with Gasteiger partial charge < -0.3 is 26.5 Å². The molecule has 1 fully saturated rings. The van der Waals surface area contributed by atoms with Crippen LogP contribution < -0.4 is 16.4 Å². The fourth-order valence-electron chi connectivity index (χ4n) is 1.89. The Bertz CT molecular complexity index is 477. The highest BCUT2D eigenvalue weighted by Gasteiger charge is 2.16. The molecule has 1 aromatic heterocycles. The van der Waals surface area contributed by atoms with Gasteiger partial charge in [0.05, 0.1) is 30.7 Å². The zero-order chi connectivity index (χ0) is 14.4. The number of morpholine rings is 1. The van der Waals surface area contributed by atoms with Gasteiger partial charge in [-0.3, -0.25) is 4.98 Å². The lowest BCUT2D eigenvalue weighted by Gasteiger charge is -2.23. The number of hydrogen-bond donors (Lipinski definition) is 4. The number of rotatable bonds is 5. The zero-order valence-corrected chi connectivity index (χ0v) is 11.6. The topological polar surface area (TPSA) is 96.1 Å². The minimum atomic E-state index is 0.0305. The standard InChI is InChI=1S/C14H21N5O/c1-10(6-15)12(16)8-18-11-2-3-13(19-7-11)14-9-17-4-5-20-14/h2-3,6-7,14-15,17-18H,4-5,8-9,16H2,1H3/b12-10-,15-6?. The van der Waals surface area contributed by atoms with Crippen LogP contribution in [0, 0.1) is 5.41 Å². The lowest BCUT2D eigenvalue weighted by Crippen LogP contribution is -2.33. The van der Waals surface area contributed by atoms with Crippen molar-refractivity contribution in [1.29, 1.82) is 5.41 Å². The molecule has 0 aliphatic carbocycles. The smallest absolute Gasteiger partial charge is 0.112 e. The summed E-state index contributed by atoms with van der Waals surface area (Å²) in [5.41, 5.74) is 9.10. The average Bonchev–Trinajstić information content (AvgIpc) is 2.53. The minimum absolute atomic E-state index is 0.0305. The Morgan fingerprint density at radius 1 is 1.65 bits per heavy atom. The van der Waals surface area contributed by atoms with Crippen molar-refractivity contribution >= 4 is 11.9 Å². The van der Waals surface area contributed by atoms with Gasteiger partial charge in [-0.1, -0.05) is 0 Å². The summed E-state index contributed by atoms with van der Waals surface area (Å²) in [5.74, 6) is 0. The van der Waals surface area contributed by atoms with Crippen molar-refractivity contribution in [2.75, 3.05) is 31.6 Å². The van der Waals surface area contributed by atoms with Crippen LogP contribution in [0.4, 0.5) is 5.69 Å². The molecule has 1 aliphatic rings. The zero-order valence-electron chi connectivity index (χ0n) is 11.6. The Kier molecular flexibility index (Phi) is 5.09. The lowest BCUT2D eigenvalue weighted by molar-refractivity contribution is 0.0250. The van der Waals surface area contributed by atoms with Gasteiger partial charge in [0.1, 0.15) is 6.10 Å². The largest absolute Gasteiger partial charge is 0.400 e. The van der Waals surface area contributed by atoms with Crippen LogP contribution in [0.5, 0.6) is 0 Å². The maximum absolute atomic E-state index is 7.14. The monoisotopic (exact) mass is 275 g/mol. The molecule has 6 heteroatoms. The molecule has 6 nitrogen and oxygen atoms in total. The SMILES string of the molecule is C/C(C=N)=C(/N)CNc1ccc(C2CNCCO2)nc1. The molecule has 0 radical (unpaired) electrons. The second kappa shape index (κ2) is 7.02. The third-order valence-electron chi connectivity index (χ3n) is 3.25. The van der Waals surface area contributed by atoms with Crippen molar-refractivity contribution < 1.29 is 4.74 Å². The summed E-state index contributed by atoms with van der Waals surface area (Å²) in [6.45, 7) is 4.74. The second-order valence-corrected chi connectivity index (χ2v) is 4.74. The first-order valence-corrected chi connectivity index (χ1v) is 6.68. The summed E-state index contributed by atoms with van der Waals surface area (Å²) in [7, 11) is 0. The van der Waals surface area contributed by atoms with Crippen LogP contribution in [0.2, 0.25) is 0 Å². The van der Waals surface area contributed by atoms with Crippen molar-refractivity contribution in [3.05, 3.63) is 35.3 Å². The van der Waals surface area contributed by atoms with E-state index in [1.54, 1.807) is 6.20 Å². The molecule has 0 amide bonds. The summed E-state index contributed by atoms with van der Waals surface area (Å²) >= 11 is 0. The van der Waals surface area contributed by atoms with E-state index in [9.17, 15) is 0 Å². The van der Waals surface area contributed by atoms with E-state index in [-0.39, 0.29) is 6.10 Å². The van der Waals surface area contributed by atoms with Gasteiger partial charge >= 0.3 is 0 Å². The maximum Gasteiger partial charge on any atom is 0.112 e. The van der Waals surface area contributed by atoms with Gasteiger partial charge in [0.2, 0.25) is 0 Å².